The quantitative estimate of drug-likeness (QED) is 0.679. The number of aromatic nitrogens is 3. The van der Waals surface area contributed by atoms with Gasteiger partial charge in [-0.15, -0.1) is 0 Å². The Bertz CT molecular complexity index is 352. The lowest BCUT2D eigenvalue weighted by molar-refractivity contribution is 0.749. The minimum absolute atomic E-state index is 0.356. The van der Waals surface area contributed by atoms with Crippen LogP contribution in [0, 0.1) is 9.54 Å². The first-order chi connectivity index (χ1) is 6.11. The Morgan fingerprint density at radius 2 is 2.15 bits per heavy atom. The van der Waals surface area contributed by atoms with Crippen molar-refractivity contribution in [3.8, 4) is 0 Å². The van der Waals surface area contributed by atoms with Crippen LogP contribution in [0.4, 0.5) is 5.95 Å². The first kappa shape index (κ1) is 10.3. The van der Waals surface area contributed by atoms with Crippen molar-refractivity contribution in [2.75, 3.05) is 5.32 Å². The van der Waals surface area contributed by atoms with Crippen LogP contribution in [0.15, 0.2) is 0 Å². The van der Waals surface area contributed by atoms with E-state index in [1.165, 1.54) is 0 Å². The van der Waals surface area contributed by atoms with E-state index in [9.17, 15) is 0 Å². The summed E-state index contributed by atoms with van der Waals surface area (Å²) in [7, 11) is 0. The molecule has 0 saturated carbocycles. The molecule has 0 aliphatic carbocycles. The molecule has 1 rings (SSSR count). The zero-order valence-corrected chi connectivity index (χ0v) is 9.18. The van der Waals surface area contributed by atoms with E-state index >= 15 is 0 Å². The Hall–Kier alpha value is -0.750. The smallest absolute Gasteiger partial charge is 0.205 e. The van der Waals surface area contributed by atoms with Gasteiger partial charge in [0.05, 0.1) is 0 Å². The molecule has 0 saturated heterocycles. The van der Waals surface area contributed by atoms with Crippen LogP contribution in [0.25, 0.3) is 0 Å². The molecule has 13 heavy (non-hydrogen) atoms. The third-order valence-corrected chi connectivity index (χ3v) is 2.06. The Labute approximate surface area is 86.8 Å². The molecule has 0 spiro atoms. The molecule has 1 atom stereocenters. The third-order valence-electron chi connectivity index (χ3n) is 1.66. The lowest BCUT2D eigenvalue weighted by atomic mass is 10.3. The molecule has 0 aromatic carbocycles. The largest absolute Gasteiger partial charge is 0.353 e. The molecule has 1 aromatic heterocycles. The molecule has 72 valence electrons. The summed E-state index contributed by atoms with van der Waals surface area (Å²) in [6.07, 6.45) is 1.02. The molecule has 0 aliphatic heterocycles. The van der Waals surface area contributed by atoms with Crippen LogP contribution in [0.2, 0.25) is 0 Å². The third kappa shape index (κ3) is 3.23. The average molecular weight is 216 g/mol. The average Bonchev–Trinajstić information content (AvgIpc) is 2.02. The van der Waals surface area contributed by atoms with Gasteiger partial charge in [-0.05, 0) is 37.8 Å². The second-order valence-corrected chi connectivity index (χ2v) is 3.59. The van der Waals surface area contributed by atoms with Crippen LogP contribution >= 0.6 is 24.4 Å². The lowest BCUT2D eigenvalue weighted by Crippen LogP contribution is -2.16. The van der Waals surface area contributed by atoms with Crippen molar-refractivity contribution >= 4 is 30.4 Å². The van der Waals surface area contributed by atoms with E-state index in [4.69, 9.17) is 24.4 Å². The maximum atomic E-state index is 4.92. The summed E-state index contributed by atoms with van der Waals surface area (Å²) in [5, 5.41) is 3.15. The topological polar surface area (TPSA) is 56.5 Å². The minimum atomic E-state index is 0.356. The molecule has 1 unspecified atom stereocenters. The molecule has 6 heteroatoms. The summed E-state index contributed by atoms with van der Waals surface area (Å²) in [5.74, 6) is 0.628. The molecule has 0 amide bonds. The minimum Gasteiger partial charge on any atom is -0.353 e. The summed E-state index contributed by atoms with van der Waals surface area (Å²) in [4.78, 5) is 9.66. The Morgan fingerprint density at radius 3 is 2.69 bits per heavy atom. The number of rotatable bonds is 3. The van der Waals surface area contributed by atoms with Gasteiger partial charge in [-0.3, -0.25) is 0 Å². The number of hydrogen-bond donors (Lipinski definition) is 3. The molecular formula is C7H12N4S2. The second-order valence-electron chi connectivity index (χ2n) is 2.80. The summed E-state index contributed by atoms with van der Waals surface area (Å²) in [5.41, 5.74) is 0. The lowest BCUT2D eigenvalue weighted by Gasteiger charge is -2.10. The monoisotopic (exact) mass is 216 g/mol. The second kappa shape index (κ2) is 4.48. The highest BCUT2D eigenvalue weighted by Crippen LogP contribution is 2.00. The van der Waals surface area contributed by atoms with Crippen molar-refractivity contribution in [3.63, 3.8) is 0 Å². The van der Waals surface area contributed by atoms with Gasteiger partial charge in [0.15, 0.2) is 4.77 Å². The predicted octanol–water partition coefficient (Wildman–Crippen LogP) is 2.41. The van der Waals surface area contributed by atoms with Crippen molar-refractivity contribution < 1.29 is 0 Å². The number of anilines is 1. The molecular weight excluding hydrogens is 204 g/mol. The fourth-order valence-electron chi connectivity index (χ4n) is 0.797. The van der Waals surface area contributed by atoms with Crippen LogP contribution in [0.5, 0.6) is 0 Å². The zero-order valence-electron chi connectivity index (χ0n) is 7.55. The van der Waals surface area contributed by atoms with Gasteiger partial charge in [-0.25, -0.2) is 0 Å². The van der Waals surface area contributed by atoms with Crippen LogP contribution in [0.3, 0.4) is 0 Å². The van der Waals surface area contributed by atoms with E-state index in [1.54, 1.807) is 0 Å². The maximum Gasteiger partial charge on any atom is 0.205 e. The highest BCUT2D eigenvalue weighted by atomic mass is 32.1. The van der Waals surface area contributed by atoms with Crippen molar-refractivity contribution in [1.82, 2.24) is 15.0 Å². The van der Waals surface area contributed by atoms with Gasteiger partial charge in [0, 0.05) is 6.04 Å². The number of nitrogens with zero attached hydrogens (tertiary/aromatic N) is 1. The van der Waals surface area contributed by atoms with Gasteiger partial charge in [-0.1, -0.05) is 6.92 Å². The van der Waals surface area contributed by atoms with E-state index in [0.29, 0.717) is 21.5 Å². The standard InChI is InChI=1S/C7H12N4S2/c1-3-4(2)8-5-9-6(12)11-7(13)10-5/h4H,3H2,1-2H3,(H3,8,9,10,11,12,13). The van der Waals surface area contributed by atoms with Gasteiger partial charge < -0.3 is 15.3 Å². The summed E-state index contributed by atoms with van der Waals surface area (Å²) in [6.45, 7) is 4.16. The molecule has 0 radical (unpaired) electrons. The first-order valence-electron chi connectivity index (χ1n) is 4.09. The zero-order chi connectivity index (χ0) is 9.84. The van der Waals surface area contributed by atoms with Crippen molar-refractivity contribution in [1.29, 1.82) is 0 Å². The van der Waals surface area contributed by atoms with Gasteiger partial charge in [0.2, 0.25) is 10.7 Å². The highest BCUT2D eigenvalue weighted by Gasteiger charge is 1.99. The molecule has 4 nitrogen and oxygen atoms in total. The maximum absolute atomic E-state index is 4.92. The first-order valence-corrected chi connectivity index (χ1v) is 4.90. The Morgan fingerprint density at radius 1 is 1.46 bits per heavy atom. The molecule has 1 heterocycles. The summed E-state index contributed by atoms with van der Waals surface area (Å²) in [6, 6.07) is 0.356. The van der Waals surface area contributed by atoms with Crippen LogP contribution < -0.4 is 5.32 Å². The summed E-state index contributed by atoms with van der Waals surface area (Å²) < 4.78 is 0.889. The number of hydrogen-bond acceptors (Lipinski definition) is 4. The van der Waals surface area contributed by atoms with E-state index < -0.39 is 0 Å². The molecule has 0 aliphatic rings. The van der Waals surface area contributed by atoms with Gasteiger partial charge in [0.25, 0.3) is 0 Å². The van der Waals surface area contributed by atoms with E-state index in [2.05, 4.69) is 34.1 Å². The molecule has 0 fully saturated rings. The summed E-state index contributed by atoms with van der Waals surface area (Å²) >= 11 is 9.80. The molecule has 1 aromatic rings. The SMILES string of the molecule is CCC(C)Nc1nc(=S)[nH]c(=S)[nH]1. The van der Waals surface area contributed by atoms with Gasteiger partial charge in [-0.2, -0.15) is 4.98 Å². The molecule has 0 bridgehead atoms. The normalized spacial score (nSPS) is 12.5. The Kier molecular flexibility index (Phi) is 3.56. The number of H-pyrrole nitrogens is 2. The van der Waals surface area contributed by atoms with Gasteiger partial charge in [0.1, 0.15) is 0 Å². The van der Waals surface area contributed by atoms with Crippen molar-refractivity contribution in [3.05, 3.63) is 9.54 Å². The fourth-order valence-corrected chi connectivity index (χ4v) is 1.25. The van der Waals surface area contributed by atoms with Crippen LogP contribution in [-0.4, -0.2) is 21.0 Å². The Balaban J connectivity index is 2.90. The van der Waals surface area contributed by atoms with Crippen LogP contribution in [-0.2, 0) is 0 Å². The van der Waals surface area contributed by atoms with E-state index in [-0.39, 0.29) is 0 Å². The van der Waals surface area contributed by atoms with Crippen LogP contribution in [0.1, 0.15) is 20.3 Å². The number of nitrogens with one attached hydrogen (secondary N) is 3. The van der Waals surface area contributed by atoms with E-state index in [0.717, 1.165) is 6.42 Å². The van der Waals surface area contributed by atoms with Gasteiger partial charge >= 0.3 is 0 Å². The van der Waals surface area contributed by atoms with Crippen molar-refractivity contribution in [2.45, 2.75) is 26.3 Å². The predicted molar refractivity (Wildman–Crippen MR) is 58.0 cm³/mol. The highest BCUT2D eigenvalue weighted by molar-refractivity contribution is 7.71. The van der Waals surface area contributed by atoms with E-state index in [1.807, 2.05) is 0 Å². The molecule has 3 N–H and O–H groups in total. The fraction of sp³-hybridized carbons (Fsp3) is 0.571. The van der Waals surface area contributed by atoms with Crippen molar-refractivity contribution in [2.24, 2.45) is 0 Å². The number of aromatic amines is 2.